The van der Waals surface area contributed by atoms with E-state index in [0.717, 1.165) is 46.2 Å². The van der Waals surface area contributed by atoms with E-state index >= 15 is 0 Å². The molecule has 1 heterocycles. The summed E-state index contributed by atoms with van der Waals surface area (Å²) in [5, 5.41) is 13.8. The maximum absolute atomic E-state index is 11.5. The molecule has 0 amide bonds. The normalized spacial score (nSPS) is 17.6. The van der Waals surface area contributed by atoms with Crippen LogP contribution in [0.1, 0.15) is 40.7 Å². The third-order valence-electron chi connectivity index (χ3n) is 4.05. The van der Waals surface area contributed by atoms with Crippen LogP contribution < -0.4 is 0 Å². The van der Waals surface area contributed by atoms with Crippen molar-refractivity contribution in [3.05, 3.63) is 45.2 Å². The van der Waals surface area contributed by atoms with Crippen molar-refractivity contribution in [2.24, 2.45) is 5.92 Å². The Bertz CT molecular complexity index is 721. The van der Waals surface area contributed by atoms with Gasteiger partial charge in [-0.25, -0.2) is 9.48 Å². The molecule has 1 aliphatic carbocycles. The molecule has 1 N–H and O–H groups in total. The Hall–Kier alpha value is -1.62. The van der Waals surface area contributed by atoms with E-state index in [1.165, 1.54) is 0 Å². The van der Waals surface area contributed by atoms with Crippen LogP contribution in [0.15, 0.2) is 22.7 Å². The second kappa shape index (κ2) is 5.30. The van der Waals surface area contributed by atoms with Crippen LogP contribution in [-0.4, -0.2) is 20.9 Å². The van der Waals surface area contributed by atoms with Crippen LogP contribution in [-0.2, 0) is 12.8 Å². The Kier molecular flexibility index (Phi) is 3.61. The lowest BCUT2D eigenvalue weighted by atomic mass is 9.87. The highest BCUT2D eigenvalue weighted by molar-refractivity contribution is 9.10. The third-order valence-corrected chi connectivity index (χ3v) is 4.69. The molecule has 0 bridgehead atoms. The van der Waals surface area contributed by atoms with E-state index in [9.17, 15) is 9.90 Å². The lowest BCUT2D eigenvalue weighted by molar-refractivity contribution is 0.0688. The number of hydrogen-bond acceptors (Lipinski definition) is 2. The molecule has 0 spiro atoms. The van der Waals surface area contributed by atoms with Crippen molar-refractivity contribution < 1.29 is 9.90 Å². The van der Waals surface area contributed by atoms with Crippen molar-refractivity contribution in [1.82, 2.24) is 9.78 Å². The van der Waals surface area contributed by atoms with Gasteiger partial charge in [0, 0.05) is 15.7 Å². The van der Waals surface area contributed by atoms with Crippen molar-refractivity contribution in [3.8, 4) is 5.69 Å². The summed E-state index contributed by atoms with van der Waals surface area (Å²) in [6, 6.07) is 6.02. The molecule has 1 atom stereocenters. The van der Waals surface area contributed by atoms with Crippen LogP contribution >= 0.6 is 15.9 Å². The van der Waals surface area contributed by atoms with E-state index in [1.807, 2.05) is 25.1 Å². The topological polar surface area (TPSA) is 55.1 Å². The first-order valence-electron chi connectivity index (χ1n) is 7.08. The molecule has 0 saturated carbocycles. The molecular formula is C16H17BrN2O2. The van der Waals surface area contributed by atoms with Gasteiger partial charge in [0.25, 0.3) is 0 Å². The highest BCUT2D eigenvalue weighted by Crippen LogP contribution is 2.32. The van der Waals surface area contributed by atoms with Gasteiger partial charge in [-0.15, -0.1) is 0 Å². The summed E-state index contributed by atoms with van der Waals surface area (Å²) in [5.41, 5.74) is 4.19. The first-order chi connectivity index (χ1) is 9.97. The van der Waals surface area contributed by atoms with Gasteiger partial charge in [0.2, 0.25) is 0 Å². The number of aromatic nitrogens is 2. The molecule has 110 valence electrons. The van der Waals surface area contributed by atoms with Crippen LogP contribution in [0.5, 0.6) is 0 Å². The number of carbonyl (C=O) groups is 1. The summed E-state index contributed by atoms with van der Waals surface area (Å²) in [4.78, 5) is 11.5. The molecular weight excluding hydrogens is 332 g/mol. The smallest absolute Gasteiger partial charge is 0.356 e. The number of benzene rings is 1. The molecule has 5 heteroatoms. The van der Waals surface area contributed by atoms with E-state index in [-0.39, 0.29) is 5.69 Å². The number of carboxylic acids is 1. The Labute approximate surface area is 131 Å². The second-order valence-corrected chi connectivity index (χ2v) is 6.65. The zero-order chi connectivity index (χ0) is 15.1. The summed E-state index contributed by atoms with van der Waals surface area (Å²) in [6.45, 7) is 4.19. The van der Waals surface area contributed by atoms with Crippen molar-refractivity contribution in [2.45, 2.75) is 33.1 Å². The van der Waals surface area contributed by atoms with Crippen molar-refractivity contribution >= 4 is 21.9 Å². The van der Waals surface area contributed by atoms with Gasteiger partial charge in [-0.3, -0.25) is 0 Å². The summed E-state index contributed by atoms with van der Waals surface area (Å²) in [6.07, 6.45) is 2.73. The first-order valence-corrected chi connectivity index (χ1v) is 7.87. The van der Waals surface area contributed by atoms with Gasteiger partial charge in [0.1, 0.15) is 0 Å². The van der Waals surface area contributed by atoms with E-state index in [2.05, 4.69) is 28.0 Å². The number of halogens is 1. The summed E-state index contributed by atoms with van der Waals surface area (Å²) < 4.78 is 2.73. The maximum atomic E-state index is 11.5. The van der Waals surface area contributed by atoms with Crippen LogP contribution in [0.25, 0.3) is 5.69 Å². The fraction of sp³-hybridized carbons (Fsp3) is 0.375. The molecule has 1 aromatic heterocycles. The van der Waals surface area contributed by atoms with Crippen molar-refractivity contribution in [2.75, 3.05) is 0 Å². The van der Waals surface area contributed by atoms with Crippen molar-refractivity contribution in [3.63, 3.8) is 0 Å². The fourth-order valence-corrected chi connectivity index (χ4v) is 3.61. The molecule has 0 fully saturated rings. The van der Waals surface area contributed by atoms with Crippen LogP contribution in [0.4, 0.5) is 0 Å². The minimum Gasteiger partial charge on any atom is -0.476 e. The summed E-state index contributed by atoms with van der Waals surface area (Å²) >= 11 is 3.56. The number of aromatic carboxylic acids is 1. The first kappa shape index (κ1) is 14.3. The highest BCUT2D eigenvalue weighted by Gasteiger charge is 2.28. The molecule has 4 nitrogen and oxygen atoms in total. The standard InChI is InChI=1S/C16H17BrN2O2/c1-9-3-5-13-11(7-9)15(16(20)21)18-19(13)14-6-4-10(2)8-12(14)17/h4,6,8-9H,3,5,7H2,1-2H3,(H,20,21). The Morgan fingerprint density at radius 2 is 2.24 bits per heavy atom. The van der Waals surface area contributed by atoms with E-state index in [0.29, 0.717) is 5.92 Å². The zero-order valence-electron chi connectivity index (χ0n) is 12.1. The maximum Gasteiger partial charge on any atom is 0.356 e. The molecule has 0 radical (unpaired) electrons. The van der Waals surface area contributed by atoms with Crippen LogP contribution in [0.3, 0.4) is 0 Å². The zero-order valence-corrected chi connectivity index (χ0v) is 13.6. The molecule has 1 aliphatic rings. The monoisotopic (exact) mass is 348 g/mol. The number of rotatable bonds is 2. The van der Waals surface area contributed by atoms with Gasteiger partial charge >= 0.3 is 5.97 Å². The minimum absolute atomic E-state index is 0.198. The largest absolute Gasteiger partial charge is 0.476 e. The number of fused-ring (bicyclic) bond motifs is 1. The highest BCUT2D eigenvalue weighted by atomic mass is 79.9. The lowest BCUT2D eigenvalue weighted by Crippen LogP contribution is -2.14. The quantitative estimate of drug-likeness (QED) is 0.898. The molecule has 1 unspecified atom stereocenters. The number of aryl methyl sites for hydroxylation is 1. The van der Waals surface area contributed by atoms with E-state index in [4.69, 9.17) is 0 Å². The predicted octanol–water partition coefficient (Wildman–Crippen LogP) is 3.77. The number of hydrogen-bond donors (Lipinski definition) is 1. The van der Waals surface area contributed by atoms with Gasteiger partial charge in [-0.1, -0.05) is 13.0 Å². The average Bonchev–Trinajstić information content (AvgIpc) is 2.77. The Balaban J connectivity index is 2.19. The van der Waals surface area contributed by atoms with Gasteiger partial charge in [-0.05, 0) is 65.7 Å². The Morgan fingerprint density at radius 1 is 1.48 bits per heavy atom. The van der Waals surface area contributed by atoms with Crippen LogP contribution in [0, 0.1) is 12.8 Å². The average molecular weight is 349 g/mol. The lowest BCUT2D eigenvalue weighted by Gasteiger charge is -2.20. The predicted molar refractivity (Wildman–Crippen MR) is 84.1 cm³/mol. The van der Waals surface area contributed by atoms with Gasteiger partial charge in [0.15, 0.2) is 5.69 Å². The molecule has 3 rings (SSSR count). The van der Waals surface area contributed by atoms with Crippen LogP contribution in [0.2, 0.25) is 0 Å². The summed E-state index contributed by atoms with van der Waals surface area (Å²) in [7, 11) is 0. The van der Waals surface area contributed by atoms with Gasteiger partial charge in [0.05, 0.1) is 5.69 Å². The molecule has 0 aliphatic heterocycles. The third kappa shape index (κ3) is 2.50. The van der Waals surface area contributed by atoms with Crippen molar-refractivity contribution in [1.29, 1.82) is 0 Å². The second-order valence-electron chi connectivity index (χ2n) is 5.79. The fourth-order valence-electron chi connectivity index (χ4n) is 2.94. The van der Waals surface area contributed by atoms with Gasteiger partial charge < -0.3 is 5.11 Å². The van der Waals surface area contributed by atoms with Gasteiger partial charge in [-0.2, -0.15) is 5.10 Å². The number of carboxylic acid groups (broad SMARTS) is 1. The minimum atomic E-state index is -0.942. The number of nitrogens with zero attached hydrogens (tertiary/aromatic N) is 2. The molecule has 1 aromatic carbocycles. The molecule has 21 heavy (non-hydrogen) atoms. The van der Waals surface area contributed by atoms with E-state index < -0.39 is 5.97 Å². The van der Waals surface area contributed by atoms with E-state index in [1.54, 1.807) is 4.68 Å². The molecule has 2 aromatic rings. The molecule has 0 saturated heterocycles. The Morgan fingerprint density at radius 3 is 2.90 bits per heavy atom. The summed E-state index contributed by atoms with van der Waals surface area (Å²) in [5.74, 6) is -0.433. The SMILES string of the molecule is Cc1ccc(-n2nc(C(=O)O)c3c2CCC(C)C3)c(Br)c1.